The molecule has 0 saturated heterocycles. The summed E-state index contributed by atoms with van der Waals surface area (Å²) < 4.78 is 0. The van der Waals surface area contributed by atoms with Crippen LogP contribution in [0.15, 0.2) is 59.3 Å². The molecular weight excluding hydrogens is 423 g/mol. The minimum Gasteiger partial charge on any atom is -0.352 e. The van der Waals surface area contributed by atoms with Gasteiger partial charge in [-0.25, -0.2) is 4.98 Å². The number of amides is 1. The van der Waals surface area contributed by atoms with Gasteiger partial charge < -0.3 is 5.32 Å². The standard InChI is InChI=1S/C23H18Cl2N2OS/c1-14-2-5-21-18(10-14)19(12-22(27-21)16-7-9-29-13-16)23(28)26-8-6-15-3-4-17(24)11-20(15)25/h2-5,7,9-13H,6,8H2,1H3,(H,26,28). The lowest BCUT2D eigenvalue weighted by Crippen LogP contribution is -2.26. The normalized spacial score (nSPS) is 11.0. The summed E-state index contributed by atoms with van der Waals surface area (Å²) in [5.41, 5.74) is 5.29. The molecule has 0 unspecified atom stereocenters. The molecule has 0 bridgehead atoms. The summed E-state index contributed by atoms with van der Waals surface area (Å²) in [6.07, 6.45) is 0.626. The second-order valence-corrected chi connectivity index (χ2v) is 8.45. The molecule has 2 aromatic carbocycles. The Morgan fingerprint density at radius 3 is 2.72 bits per heavy atom. The fourth-order valence-electron chi connectivity index (χ4n) is 3.22. The first-order chi connectivity index (χ1) is 14.0. The van der Waals surface area contributed by atoms with E-state index in [1.807, 2.05) is 54.1 Å². The Morgan fingerprint density at radius 2 is 1.97 bits per heavy atom. The van der Waals surface area contributed by atoms with Crippen LogP contribution in [0.25, 0.3) is 22.2 Å². The first-order valence-corrected chi connectivity index (χ1v) is 10.9. The molecule has 3 nitrogen and oxygen atoms in total. The number of nitrogens with one attached hydrogen (secondary N) is 1. The summed E-state index contributed by atoms with van der Waals surface area (Å²) in [6.45, 7) is 2.49. The number of nitrogens with zero attached hydrogens (tertiary/aromatic N) is 1. The largest absolute Gasteiger partial charge is 0.352 e. The van der Waals surface area contributed by atoms with Gasteiger partial charge in [0.25, 0.3) is 5.91 Å². The maximum absolute atomic E-state index is 13.0. The van der Waals surface area contributed by atoms with Crippen molar-refractivity contribution in [3.63, 3.8) is 0 Å². The lowest BCUT2D eigenvalue weighted by molar-refractivity contribution is 0.0956. The van der Waals surface area contributed by atoms with Gasteiger partial charge >= 0.3 is 0 Å². The molecule has 2 aromatic heterocycles. The van der Waals surface area contributed by atoms with Crippen LogP contribution in [-0.4, -0.2) is 17.4 Å². The van der Waals surface area contributed by atoms with E-state index in [1.165, 1.54) is 0 Å². The molecule has 0 radical (unpaired) electrons. The minimum atomic E-state index is -0.121. The molecule has 2 heterocycles. The van der Waals surface area contributed by atoms with Crippen LogP contribution in [-0.2, 0) is 6.42 Å². The highest BCUT2D eigenvalue weighted by molar-refractivity contribution is 7.08. The third-order valence-electron chi connectivity index (χ3n) is 4.72. The van der Waals surface area contributed by atoms with Crippen molar-refractivity contribution in [2.45, 2.75) is 13.3 Å². The number of carbonyl (C=O) groups is 1. The second kappa shape index (κ2) is 8.54. The SMILES string of the molecule is Cc1ccc2nc(-c3ccsc3)cc(C(=O)NCCc3ccc(Cl)cc3Cl)c2c1. The van der Waals surface area contributed by atoms with E-state index < -0.39 is 0 Å². The van der Waals surface area contributed by atoms with E-state index in [2.05, 4.69) is 5.32 Å². The number of benzene rings is 2. The predicted molar refractivity (Wildman–Crippen MR) is 122 cm³/mol. The number of aromatic nitrogens is 1. The Morgan fingerprint density at radius 1 is 1.10 bits per heavy atom. The van der Waals surface area contributed by atoms with Crippen LogP contribution in [0.5, 0.6) is 0 Å². The summed E-state index contributed by atoms with van der Waals surface area (Å²) in [7, 11) is 0. The van der Waals surface area contributed by atoms with Crippen LogP contribution in [0, 0.1) is 6.92 Å². The molecule has 29 heavy (non-hydrogen) atoms. The van der Waals surface area contributed by atoms with Crippen molar-refractivity contribution in [3.8, 4) is 11.3 Å². The Balaban J connectivity index is 1.61. The number of carbonyl (C=O) groups excluding carboxylic acids is 1. The van der Waals surface area contributed by atoms with Crippen molar-refractivity contribution >= 4 is 51.3 Å². The second-order valence-electron chi connectivity index (χ2n) is 6.83. The van der Waals surface area contributed by atoms with Gasteiger partial charge in [0, 0.05) is 32.9 Å². The first-order valence-electron chi connectivity index (χ1n) is 9.17. The average molecular weight is 441 g/mol. The molecule has 0 spiro atoms. The average Bonchev–Trinajstić information content (AvgIpc) is 3.23. The van der Waals surface area contributed by atoms with Gasteiger partial charge in [-0.2, -0.15) is 11.3 Å². The summed E-state index contributed by atoms with van der Waals surface area (Å²) in [5.74, 6) is -0.121. The maximum atomic E-state index is 13.0. The van der Waals surface area contributed by atoms with Crippen LogP contribution in [0.3, 0.4) is 0 Å². The Hall–Kier alpha value is -2.40. The third kappa shape index (κ3) is 4.45. The first kappa shape index (κ1) is 19.9. The van der Waals surface area contributed by atoms with Crippen molar-refractivity contribution in [2.75, 3.05) is 6.54 Å². The Kier molecular flexibility index (Phi) is 5.86. The monoisotopic (exact) mass is 440 g/mol. The van der Waals surface area contributed by atoms with Crippen LogP contribution in [0.2, 0.25) is 10.0 Å². The fraction of sp³-hybridized carbons (Fsp3) is 0.130. The fourth-order valence-corrected chi connectivity index (χ4v) is 4.37. The number of pyridine rings is 1. The predicted octanol–water partition coefficient (Wildman–Crippen LogP) is 6.55. The van der Waals surface area contributed by atoms with E-state index in [9.17, 15) is 4.79 Å². The van der Waals surface area contributed by atoms with E-state index in [4.69, 9.17) is 28.2 Å². The molecule has 0 aliphatic rings. The van der Waals surface area contributed by atoms with Gasteiger partial charge in [0.2, 0.25) is 0 Å². The van der Waals surface area contributed by atoms with Crippen LogP contribution in [0.4, 0.5) is 0 Å². The number of halogens is 2. The van der Waals surface area contributed by atoms with Gasteiger partial charge in [-0.05, 0) is 60.7 Å². The van der Waals surface area contributed by atoms with Crippen molar-refractivity contribution in [1.82, 2.24) is 10.3 Å². The molecule has 1 amide bonds. The molecule has 4 aromatic rings. The number of rotatable bonds is 5. The van der Waals surface area contributed by atoms with E-state index in [0.29, 0.717) is 28.6 Å². The van der Waals surface area contributed by atoms with Gasteiger partial charge in [0.1, 0.15) is 0 Å². The quantitative estimate of drug-likeness (QED) is 0.382. The molecule has 0 aliphatic carbocycles. The molecule has 1 N–H and O–H groups in total. The summed E-state index contributed by atoms with van der Waals surface area (Å²) in [6, 6.07) is 15.3. The zero-order valence-electron chi connectivity index (χ0n) is 15.7. The zero-order chi connectivity index (χ0) is 20.4. The molecule has 0 aliphatic heterocycles. The highest BCUT2D eigenvalue weighted by Gasteiger charge is 2.14. The third-order valence-corrected chi connectivity index (χ3v) is 5.99. The molecule has 0 atom stereocenters. The smallest absolute Gasteiger partial charge is 0.252 e. The van der Waals surface area contributed by atoms with Gasteiger partial charge in [0.15, 0.2) is 0 Å². The van der Waals surface area contributed by atoms with Crippen molar-refractivity contribution in [2.24, 2.45) is 0 Å². The highest BCUT2D eigenvalue weighted by Crippen LogP contribution is 2.27. The minimum absolute atomic E-state index is 0.121. The summed E-state index contributed by atoms with van der Waals surface area (Å²) >= 11 is 13.8. The van der Waals surface area contributed by atoms with Gasteiger partial charge in [0.05, 0.1) is 16.8 Å². The molecule has 146 valence electrons. The number of thiophene rings is 1. The van der Waals surface area contributed by atoms with Crippen molar-refractivity contribution in [1.29, 1.82) is 0 Å². The highest BCUT2D eigenvalue weighted by atomic mass is 35.5. The molecule has 4 rings (SSSR count). The van der Waals surface area contributed by atoms with Crippen LogP contribution in [0.1, 0.15) is 21.5 Å². The van der Waals surface area contributed by atoms with Gasteiger partial charge in [-0.15, -0.1) is 0 Å². The van der Waals surface area contributed by atoms with Crippen LogP contribution < -0.4 is 5.32 Å². The molecule has 0 saturated carbocycles. The number of hydrogen-bond donors (Lipinski definition) is 1. The molecular formula is C23H18Cl2N2OS. The molecule has 6 heteroatoms. The Bertz CT molecular complexity index is 1190. The van der Waals surface area contributed by atoms with Gasteiger partial charge in [-0.3, -0.25) is 4.79 Å². The van der Waals surface area contributed by atoms with E-state index in [-0.39, 0.29) is 5.91 Å². The lowest BCUT2D eigenvalue weighted by Gasteiger charge is -2.11. The Labute approximate surface area is 183 Å². The van der Waals surface area contributed by atoms with E-state index in [1.54, 1.807) is 23.5 Å². The maximum Gasteiger partial charge on any atom is 0.252 e. The van der Waals surface area contributed by atoms with E-state index >= 15 is 0 Å². The summed E-state index contributed by atoms with van der Waals surface area (Å²) in [5, 5.41) is 9.12. The topological polar surface area (TPSA) is 42.0 Å². The summed E-state index contributed by atoms with van der Waals surface area (Å²) in [4.78, 5) is 17.8. The zero-order valence-corrected chi connectivity index (χ0v) is 18.0. The number of hydrogen-bond acceptors (Lipinski definition) is 3. The number of aryl methyl sites for hydroxylation is 1. The van der Waals surface area contributed by atoms with Gasteiger partial charge in [-0.1, -0.05) is 40.9 Å². The van der Waals surface area contributed by atoms with Crippen molar-refractivity contribution < 1.29 is 4.79 Å². The number of fused-ring (bicyclic) bond motifs is 1. The molecule has 0 fully saturated rings. The van der Waals surface area contributed by atoms with Crippen LogP contribution >= 0.6 is 34.5 Å². The van der Waals surface area contributed by atoms with E-state index in [0.717, 1.165) is 33.3 Å². The lowest BCUT2D eigenvalue weighted by atomic mass is 10.0. The van der Waals surface area contributed by atoms with Crippen molar-refractivity contribution in [3.05, 3.63) is 86.0 Å².